The molecule has 2 aromatic heterocycles. The number of nitrogens with zero attached hydrogens (tertiary/aromatic N) is 1. The maximum atomic E-state index is 13.7. The van der Waals surface area contributed by atoms with E-state index in [1.165, 1.54) is 12.3 Å². The normalized spacial score (nSPS) is 11.0. The van der Waals surface area contributed by atoms with Crippen LogP contribution >= 0.6 is 11.6 Å². The van der Waals surface area contributed by atoms with E-state index in [0.29, 0.717) is 27.7 Å². The number of aryl methyl sites for hydroxylation is 1. The molecule has 0 atom stereocenters. The second-order valence-corrected chi connectivity index (χ2v) is 5.66. The van der Waals surface area contributed by atoms with Gasteiger partial charge in [0.2, 0.25) is 0 Å². The van der Waals surface area contributed by atoms with Crippen LogP contribution in [0.2, 0.25) is 5.02 Å². The largest absolute Gasteiger partial charge is 0.396 e. The molecule has 0 unspecified atom stereocenters. The number of fused-ring (bicyclic) bond motifs is 1. The highest BCUT2D eigenvalue weighted by atomic mass is 35.5. The topological polar surface area (TPSA) is 122 Å². The summed E-state index contributed by atoms with van der Waals surface area (Å²) in [6.07, 6.45) is 2.36. The Hall–Kier alpha value is -2.93. The predicted molar refractivity (Wildman–Crippen MR) is 94.2 cm³/mol. The lowest BCUT2D eigenvalue weighted by Gasteiger charge is -2.15. The van der Waals surface area contributed by atoms with E-state index >= 15 is 0 Å². The first-order chi connectivity index (χ1) is 11.4. The second kappa shape index (κ2) is 5.61. The third-order valence-corrected chi connectivity index (χ3v) is 4.16. The van der Waals surface area contributed by atoms with E-state index in [1.54, 1.807) is 6.92 Å². The number of aromatic nitrogens is 2. The van der Waals surface area contributed by atoms with Gasteiger partial charge in [-0.1, -0.05) is 17.7 Å². The fourth-order valence-electron chi connectivity index (χ4n) is 2.67. The Morgan fingerprint density at radius 1 is 1.33 bits per heavy atom. The molecule has 24 heavy (non-hydrogen) atoms. The molecule has 3 rings (SSSR count). The third kappa shape index (κ3) is 2.21. The number of nitrogen functional groups attached to an aromatic ring is 2. The van der Waals surface area contributed by atoms with Gasteiger partial charge in [0.25, 0.3) is 5.56 Å². The summed E-state index contributed by atoms with van der Waals surface area (Å²) in [4.78, 5) is 19.0. The summed E-state index contributed by atoms with van der Waals surface area (Å²) in [5, 5.41) is 8.29. The Labute approximate surface area is 140 Å². The molecule has 0 amide bonds. The first-order valence-corrected chi connectivity index (χ1v) is 7.30. The summed E-state index contributed by atoms with van der Waals surface area (Å²) in [6, 6.07) is 2.58. The Bertz CT molecular complexity index is 1060. The van der Waals surface area contributed by atoms with Gasteiger partial charge in [0.05, 0.1) is 21.9 Å². The van der Waals surface area contributed by atoms with Gasteiger partial charge < -0.3 is 21.9 Å². The molecule has 6 N–H and O–H groups in total. The van der Waals surface area contributed by atoms with Crippen molar-refractivity contribution in [2.75, 3.05) is 11.5 Å². The number of anilines is 2. The molecule has 8 heteroatoms. The van der Waals surface area contributed by atoms with E-state index in [2.05, 4.69) is 9.97 Å². The first kappa shape index (κ1) is 15.9. The van der Waals surface area contributed by atoms with Crippen molar-refractivity contribution in [1.29, 1.82) is 5.41 Å². The zero-order valence-electron chi connectivity index (χ0n) is 12.6. The molecule has 0 saturated heterocycles. The average Bonchev–Trinajstić information content (AvgIpc) is 2.55. The third-order valence-electron chi connectivity index (χ3n) is 3.87. The first-order valence-electron chi connectivity index (χ1n) is 6.92. The molecule has 0 aliphatic rings. The molecular formula is C16H13ClFN5O. The maximum Gasteiger partial charge on any atom is 0.272 e. The van der Waals surface area contributed by atoms with Crippen LogP contribution in [0, 0.1) is 18.2 Å². The van der Waals surface area contributed by atoms with E-state index < -0.39 is 11.4 Å². The minimum atomic E-state index is -0.658. The van der Waals surface area contributed by atoms with Gasteiger partial charge in [0.15, 0.2) is 0 Å². The molecule has 0 aliphatic heterocycles. The molecule has 0 aliphatic carbocycles. The summed E-state index contributed by atoms with van der Waals surface area (Å²) in [5.41, 5.74) is 12.7. The Morgan fingerprint density at radius 3 is 2.71 bits per heavy atom. The van der Waals surface area contributed by atoms with Crippen LogP contribution in [0.5, 0.6) is 0 Å². The lowest BCUT2D eigenvalue weighted by molar-refractivity contribution is 0.632. The van der Waals surface area contributed by atoms with Crippen LogP contribution in [0.15, 0.2) is 23.1 Å². The van der Waals surface area contributed by atoms with Crippen LogP contribution in [0.1, 0.15) is 11.3 Å². The monoisotopic (exact) mass is 345 g/mol. The van der Waals surface area contributed by atoms with E-state index in [0.717, 1.165) is 12.3 Å². The van der Waals surface area contributed by atoms with Crippen molar-refractivity contribution in [2.24, 2.45) is 0 Å². The number of rotatable bonds is 2. The summed E-state index contributed by atoms with van der Waals surface area (Å²) < 4.78 is 13.7. The highest BCUT2D eigenvalue weighted by Gasteiger charge is 2.20. The molecule has 0 saturated carbocycles. The number of halogens is 2. The molecule has 0 spiro atoms. The number of benzene rings is 1. The SMILES string of the molecule is Cc1ncc(Cl)c2c(-c3ccc(F)c(N)c3C=N)c(N)c(=O)[nH]c12. The Balaban J connectivity index is 2.59. The Kier molecular flexibility index (Phi) is 3.73. The van der Waals surface area contributed by atoms with Gasteiger partial charge in [-0.05, 0) is 18.6 Å². The predicted octanol–water partition coefficient (Wildman–Crippen LogP) is 2.85. The molecular weight excluding hydrogens is 333 g/mol. The van der Waals surface area contributed by atoms with Crippen molar-refractivity contribution < 1.29 is 4.39 Å². The summed E-state index contributed by atoms with van der Waals surface area (Å²) in [6.45, 7) is 1.71. The van der Waals surface area contributed by atoms with Crippen LogP contribution in [0.25, 0.3) is 22.0 Å². The number of aromatic amines is 1. The number of nitrogens with one attached hydrogen (secondary N) is 2. The van der Waals surface area contributed by atoms with Gasteiger partial charge in [-0.2, -0.15) is 0 Å². The van der Waals surface area contributed by atoms with Crippen molar-refractivity contribution in [3.8, 4) is 11.1 Å². The van der Waals surface area contributed by atoms with Crippen LogP contribution < -0.4 is 17.0 Å². The van der Waals surface area contributed by atoms with Crippen molar-refractivity contribution in [1.82, 2.24) is 9.97 Å². The van der Waals surface area contributed by atoms with Crippen molar-refractivity contribution in [3.63, 3.8) is 0 Å². The molecule has 6 nitrogen and oxygen atoms in total. The van der Waals surface area contributed by atoms with Gasteiger partial charge >= 0.3 is 0 Å². The van der Waals surface area contributed by atoms with Gasteiger partial charge in [-0.3, -0.25) is 9.78 Å². The van der Waals surface area contributed by atoms with Gasteiger partial charge in [-0.25, -0.2) is 4.39 Å². The molecule has 2 heterocycles. The standard InChI is InChI=1S/C16H13ClFN5O/c1-6-15-12(9(17)5-22-6)11(14(21)16(24)23-15)7-2-3-10(18)13(20)8(7)4-19/h2-5,19H,20-21H2,1H3,(H,23,24). The quantitative estimate of drug-likeness (QED) is 0.421. The molecule has 3 aromatic rings. The number of pyridine rings is 2. The van der Waals surface area contributed by atoms with Crippen LogP contribution in [-0.4, -0.2) is 16.2 Å². The van der Waals surface area contributed by atoms with Crippen molar-refractivity contribution >= 4 is 40.1 Å². The lowest BCUT2D eigenvalue weighted by Crippen LogP contribution is -2.15. The van der Waals surface area contributed by atoms with Crippen LogP contribution in [-0.2, 0) is 0 Å². The van der Waals surface area contributed by atoms with Gasteiger partial charge in [0.1, 0.15) is 11.5 Å². The summed E-state index contributed by atoms with van der Waals surface area (Å²) >= 11 is 6.27. The number of nitrogens with two attached hydrogens (primary N) is 2. The molecule has 1 aromatic carbocycles. The van der Waals surface area contributed by atoms with Crippen LogP contribution in [0.4, 0.5) is 15.8 Å². The van der Waals surface area contributed by atoms with E-state index in [-0.39, 0.29) is 22.0 Å². The minimum Gasteiger partial charge on any atom is -0.396 e. The molecule has 0 bridgehead atoms. The molecule has 0 fully saturated rings. The summed E-state index contributed by atoms with van der Waals surface area (Å²) in [5.74, 6) is -0.658. The number of H-pyrrole nitrogens is 1. The number of hydrogen-bond acceptors (Lipinski definition) is 5. The molecule has 0 radical (unpaired) electrons. The highest BCUT2D eigenvalue weighted by Crippen LogP contribution is 2.38. The van der Waals surface area contributed by atoms with Crippen molar-refractivity contribution in [3.05, 3.63) is 50.8 Å². The van der Waals surface area contributed by atoms with E-state index in [9.17, 15) is 9.18 Å². The minimum absolute atomic E-state index is 0.0934. The van der Waals surface area contributed by atoms with Gasteiger partial charge in [0, 0.05) is 28.9 Å². The lowest BCUT2D eigenvalue weighted by atomic mass is 9.94. The highest BCUT2D eigenvalue weighted by molar-refractivity contribution is 6.37. The smallest absolute Gasteiger partial charge is 0.272 e. The zero-order chi connectivity index (χ0) is 17.6. The van der Waals surface area contributed by atoms with Gasteiger partial charge in [-0.15, -0.1) is 0 Å². The maximum absolute atomic E-state index is 13.7. The second-order valence-electron chi connectivity index (χ2n) is 5.25. The fourth-order valence-corrected chi connectivity index (χ4v) is 2.91. The van der Waals surface area contributed by atoms with E-state index in [4.69, 9.17) is 28.5 Å². The Morgan fingerprint density at radius 2 is 2.04 bits per heavy atom. The summed E-state index contributed by atoms with van der Waals surface area (Å²) in [7, 11) is 0. The van der Waals surface area contributed by atoms with Crippen LogP contribution in [0.3, 0.4) is 0 Å². The molecule has 122 valence electrons. The number of hydrogen-bond donors (Lipinski definition) is 4. The average molecular weight is 346 g/mol. The zero-order valence-corrected chi connectivity index (χ0v) is 13.3. The fraction of sp³-hybridized carbons (Fsp3) is 0.0625. The van der Waals surface area contributed by atoms with E-state index in [1.807, 2.05) is 0 Å². The van der Waals surface area contributed by atoms with Crippen molar-refractivity contribution in [2.45, 2.75) is 6.92 Å².